The average molecular weight is 493 g/mol. The van der Waals surface area contributed by atoms with Gasteiger partial charge in [-0.15, -0.1) is 0 Å². The molecule has 2 saturated heterocycles. The number of hydrogen-bond acceptors (Lipinski definition) is 5. The van der Waals surface area contributed by atoms with Crippen LogP contribution in [0.2, 0.25) is 0 Å². The Morgan fingerprint density at radius 1 is 0.919 bits per heavy atom. The highest BCUT2D eigenvalue weighted by atomic mass is 16.5. The van der Waals surface area contributed by atoms with Gasteiger partial charge in [0.2, 0.25) is 17.7 Å². The summed E-state index contributed by atoms with van der Waals surface area (Å²) in [6, 6.07) is 21.8. The van der Waals surface area contributed by atoms with Crippen LogP contribution in [0.3, 0.4) is 0 Å². The minimum absolute atomic E-state index is 0.299. The highest BCUT2D eigenvalue weighted by Crippen LogP contribution is 2.54. The number of carbonyl (C=O) groups excluding carboxylic acids is 3. The molecule has 3 aliphatic rings. The molecular weight excluding hydrogens is 468 g/mol. The second-order valence-electron chi connectivity index (χ2n) is 9.84. The molecule has 4 aromatic rings. The minimum Gasteiger partial charge on any atom is -0.497 e. The highest BCUT2D eigenvalue weighted by Gasteiger charge is 2.70. The predicted octanol–water partition coefficient (Wildman–Crippen LogP) is 3.34. The van der Waals surface area contributed by atoms with Crippen molar-refractivity contribution in [2.45, 2.75) is 18.0 Å². The summed E-state index contributed by atoms with van der Waals surface area (Å²) in [7, 11) is 1.56. The summed E-state index contributed by atoms with van der Waals surface area (Å²) in [6.45, 7) is 0. The van der Waals surface area contributed by atoms with E-state index in [1.165, 1.54) is 4.90 Å². The quantitative estimate of drug-likeness (QED) is 0.379. The Balaban J connectivity index is 1.36. The smallest absolute Gasteiger partial charge is 0.250 e. The molecule has 37 heavy (non-hydrogen) atoms. The molecule has 4 atom stereocenters. The lowest BCUT2D eigenvalue weighted by atomic mass is 9.76. The lowest BCUT2D eigenvalue weighted by Crippen LogP contribution is -2.53. The lowest BCUT2D eigenvalue weighted by Gasteiger charge is -2.29. The summed E-state index contributed by atoms with van der Waals surface area (Å²) in [5, 5.41) is 7.52. The van der Waals surface area contributed by atoms with Crippen LogP contribution in [0.1, 0.15) is 11.1 Å². The zero-order valence-electron chi connectivity index (χ0n) is 20.0. The molecule has 1 aromatic heterocycles. The second-order valence-corrected chi connectivity index (χ2v) is 9.84. The first kappa shape index (κ1) is 21.8. The molecule has 3 aliphatic heterocycles. The van der Waals surface area contributed by atoms with Gasteiger partial charge in [0.15, 0.2) is 0 Å². The SMILES string of the molecule is COc1ccc(N2C(=O)[C@H]3[C@@H](C2=O)[C@@]2(N[C@@H]3Cc3c[nH]c4ccccc34)C(=O)Nc3ccccc32)cc1. The number of carbonyl (C=O) groups is 3. The van der Waals surface area contributed by atoms with Crippen LogP contribution < -0.4 is 20.3 Å². The maximum Gasteiger partial charge on any atom is 0.250 e. The van der Waals surface area contributed by atoms with Crippen molar-refractivity contribution in [1.82, 2.24) is 10.3 Å². The number of para-hydroxylation sites is 2. The van der Waals surface area contributed by atoms with Gasteiger partial charge in [-0.1, -0.05) is 36.4 Å². The lowest BCUT2D eigenvalue weighted by molar-refractivity contribution is -0.130. The van der Waals surface area contributed by atoms with Crippen molar-refractivity contribution in [2.75, 3.05) is 17.3 Å². The molecule has 0 unspecified atom stereocenters. The van der Waals surface area contributed by atoms with E-state index in [1.807, 2.05) is 54.7 Å². The predicted molar refractivity (Wildman–Crippen MR) is 138 cm³/mol. The maximum absolute atomic E-state index is 14.1. The number of H-pyrrole nitrogens is 1. The number of amides is 3. The number of methoxy groups -OCH3 is 1. The van der Waals surface area contributed by atoms with Gasteiger partial charge in [-0.2, -0.15) is 0 Å². The molecule has 8 nitrogen and oxygen atoms in total. The minimum atomic E-state index is -1.33. The summed E-state index contributed by atoms with van der Waals surface area (Å²) >= 11 is 0. The van der Waals surface area contributed by atoms with Crippen LogP contribution in [0, 0.1) is 11.8 Å². The fourth-order valence-electron chi connectivity index (χ4n) is 6.46. The molecule has 3 aromatic carbocycles. The first-order chi connectivity index (χ1) is 18.0. The van der Waals surface area contributed by atoms with Gasteiger partial charge in [0.05, 0.1) is 24.6 Å². The molecule has 7 rings (SSSR count). The van der Waals surface area contributed by atoms with E-state index in [4.69, 9.17) is 4.74 Å². The van der Waals surface area contributed by atoms with Crippen LogP contribution in [-0.4, -0.2) is 35.9 Å². The number of aromatic nitrogens is 1. The van der Waals surface area contributed by atoms with E-state index in [0.29, 0.717) is 29.1 Å². The zero-order chi connectivity index (χ0) is 25.3. The van der Waals surface area contributed by atoms with E-state index < -0.39 is 23.4 Å². The van der Waals surface area contributed by atoms with E-state index >= 15 is 0 Å². The molecule has 184 valence electrons. The number of imide groups is 1. The topological polar surface area (TPSA) is 104 Å². The van der Waals surface area contributed by atoms with Crippen LogP contribution in [0.5, 0.6) is 5.75 Å². The number of anilines is 2. The summed E-state index contributed by atoms with van der Waals surface area (Å²) in [4.78, 5) is 46.3. The largest absolute Gasteiger partial charge is 0.497 e. The van der Waals surface area contributed by atoms with Crippen molar-refractivity contribution in [3.63, 3.8) is 0 Å². The third-order valence-corrected chi connectivity index (χ3v) is 8.07. The standard InChI is InChI=1S/C29H24N4O4/c1-37-18-12-10-17(11-13-18)33-26(34)24-23(14-16-15-30-21-8-4-2-6-19(16)21)32-29(25(24)27(33)35)20-7-3-5-9-22(20)31-28(29)36/h2-13,15,23-25,30,32H,14H2,1H3,(H,31,36)/t23-,24-,25+,29-/m1/s1. The van der Waals surface area contributed by atoms with Crippen molar-refractivity contribution in [2.24, 2.45) is 11.8 Å². The Morgan fingerprint density at radius 3 is 2.49 bits per heavy atom. The van der Waals surface area contributed by atoms with Crippen LogP contribution in [0.25, 0.3) is 10.9 Å². The first-order valence-corrected chi connectivity index (χ1v) is 12.3. The molecule has 2 fully saturated rings. The fourth-order valence-corrected chi connectivity index (χ4v) is 6.46. The Kier molecular flexibility index (Phi) is 4.59. The molecule has 3 amide bonds. The molecule has 0 saturated carbocycles. The molecule has 0 bridgehead atoms. The van der Waals surface area contributed by atoms with Crippen molar-refractivity contribution >= 4 is 40.0 Å². The van der Waals surface area contributed by atoms with Gasteiger partial charge in [0.1, 0.15) is 11.3 Å². The van der Waals surface area contributed by atoms with Gasteiger partial charge >= 0.3 is 0 Å². The van der Waals surface area contributed by atoms with Crippen molar-refractivity contribution in [3.8, 4) is 5.75 Å². The number of fused-ring (bicyclic) bond motifs is 5. The fraction of sp³-hybridized carbons (Fsp3) is 0.207. The number of nitrogens with zero attached hydrogens (tertiary/aromatic N) is 1. The number of nitrogens with one attached hydrogen (secondary N) is 3. The summed E-state index contributed by atoms with van der Waals surface area (Å²) in [5.74, 6) is -1.93. The van der Waals surface area contributed by atoms with Gasteiger partial charge in [0.25, 0.3) is 0 Å². The molecular formula is C29H24N4O4. The van der Waals surface area contributed by atoms with Crippen LogP contribution in [0.15, 0.2) is 79.0 Å². The zero-order valence-corrected chi connectivity index (χ0v) is 20.0. The first-order valence-electron chi connectivity index (χ1n) is 12.3. The van der Waals surface area contributed by atoms with E-state index in [-0.39, 0.29) is 17.7 Å². The monoisotopic (exact) mass is 492 g/mol. The Morgan fingerprint density at radius 2 is 1.68 bits per heavy atom. The van der Waals surface area contributed by atoms with Gasteiger partial charge < -0.3 is 15.0 Å². The summed E-state index contributed by atoms with van der Waals surface area (Å²) in [5.41, 5.74) is 2.53. The molecule has 1 spiro atoms. The van der Waals surface area contributed by atoms with E-state index in [1.54, 1.807) is 31.4 Å². The van der Waals surface area contributed by atoms with Crippen LogP contribution >= 0.6 is 0 Å². The van der Waals surface area contributed by atoms with Gasteiger partial charge in [-0.05, 0) is 48.4 Å². The average Bonchev–Trinajstić information content (AvgIpc) is 3.63. The van der Waals surface area contributed by atoms with E-state index in [0.717, 1.165) is 16.5 Å². The number of aromatic amines is 1. The van der Waals surface area contributed by atoms with E-state index in [9.17, 15) is 14.4 Å². The number of rotatable bonds is 4. The Bertz CT molecular complexity index is 1590. The maximum atomic E-state index is 14.1. The molecule has 0 aliphatic carbocycles. The number of hydrogen-bond donors (Lipinski definition) is 3. The van der Waals surface area contributed by atoms with Gasteiger partial charge in [-0.25, -0.2) is 4.90 Å². The Labute approximate surface area is 212 Å². The van der Waals surface area contributed by atoms with Crippen molar-refractivity contribution in [1.29, 1.82) is 0 Å². The molecule has 3 N–H and O–H groups in total. The van der Waals surface area contributed by atoms with E-state index in [2.05, 4.69) is 15.6 Å². The molecule has 0 radical (unpaired) electrons. The molecule has 8 heteroatoms. The van der Waals surface area contributed by atoms with Crippen molar-refractivity contribution < 1.29 is 19.1 Å². The summed E-state index contributed by atoms with van der Waals surface area (Å²) < 4.78 is 5.25. The number of benzene rings is 3. The van der Waals surface area contributed by atoms with Gasteiger partial charge in [-0.3, -0.25) is 19.7 Å². The van der Waals surface area contributed by atoms with Crippen molar-refractivity contribution in [3.05, 3.63) is 90.1 Å². The third kappa shape index (κ3) is 2.90. The number of ether oxygens (including phenoxy) is 1. The highest BCUT2D eigenvalue weighted by molar-refractivity contribution is 6.25. The second kappa shape index (κ2) is 7.78. The third-order valence-electron chi connectivity index (χ3n) is 8.07. The Hall–Kier alpha value is -4.43. The van der Waals surface area contributed by atoms with Crippen LogP contribution in [0.4, 0.5) is 11.4 Å². The summed E-state index contributed by atoms with van der Waals surface area (Å²) in [6.07, 6.45) is 2.43. The molecule has 4 heterocycles. The normalized spacial score (nSPS) is 26.1. The van der Waals surface area contributed by atoms with Crippen LogP contribution in [-0.2, 0) is 26.3 Å². The van der Waals surface area contributed by atoms with Gasteiger partial charge in [0, 0.05) is 34.4 Å².